The lowest BCUT2D eigenvalue weighted by Crippen LogP contribution is -2.35. The van der Waals surface area contributed by atoms with Crippen molar-refractivity contribution in [1.82, 2.24) is 4.57 Å². The van der Waals surface area contributed by atoms with Crippen molar-refractivity contribution in [3.8, 4) is 5.75 Å². The van der Waals surface area contributed by atoms with E-state index in [1.807, 2.05) is 13.8 Å². The fourth-order valence-electron chi connectivity index (χ4n) is 3.31. The molecule has 2 N–H and O–H groups in total. The third-order valence-electron chi connectivity index (χ3n) is 4.51. The SMILES string of the molecule is CCn1c(C)cc2c(c1=O)C(c1ccccc1Cl)C(C(=O)OC)=C(N)O2. The van der Waals surface area contributed by atoms with Gasteiger partial charge in [0.2, 0.25) is 5.88 Å². The average molecular weight is 375 g/mol. The molecule has 0 bridgehead atoms. The van der Waals surface area contributed by atoms with Gasteiger partial charge in [-0.05, 0) is 25.5 Å². The van der Waals surface area contributed by atoms with Gasteiger partial charge in [0.05, 0.1) is 18.6 Å². The van der Waals surface area contributed by atoms with E-state index in [0.717, 1.165) is 5.69 Å². The van der Waals surface area contributed by atoms with E-state index in [-0.39, 0.29) is 17.0 Å². The van der Waals surface area contributed by atoms with Gasteiger partial charge in [0.25, 0.3) is 5.56 Å². The van der Waals surface area contributed by atoms with Crippen LogP contribution in [0, 0.1) is 6.92 Å². The standard InChI is InChI=1S/C19H19ClN2O4/c1-4-22-10(2)9-13-15(18(22)23)14(11-7-5-6-8-12(11)20)16(17(21)26-13)19(24)25-3/h5-9,14H,4,21H2,1-3H3. The summed E-state index contributed by atoms with van der Waals surface area (Å²) in [5, 5.41) is 0.419. The second-order valence-corrected chi connectivity index (χ2v) is 6.35. The van der Waals surface area contributed by atoms with Gasteiger partial charge in [0.1, 0.15) is 11.3 Å². The maximum Gasteiger partial charge on any atom is 0.340 e. The van der Waals surface area contributed by atoms with Crippen LogP contribution in [0.5, 0.6) is 5.75 Å². The Labute approximate surface area is 155 Å². The predicted molar refractivity (Wildman–Crippen MR) is 98.3 cm³/mol. The minimum absolute atomic E-state index is 0.0664. The molecule has 1 unspecified atom stereocenters. The third-order valence-corrected chi connectivity index (χ3v) is 4.85. The Bertz CT molecular complexity index is 978. The Morgan fingerprint density at radius 2 is 2.08 bits per heavy atom. The Hall–Kier alpha value is -2.73. The number of pyridine rings is 1. The van der Waals surface area contributed by atoms with Crippen LogP contribution in [0.25, 0.3) is 0 Å². The number of hydrogen-bond donors (Lipinski definition) is 1. The van der Waals surface area contributed by atoms with E-state index >= 15 is 0 Å². The molecule has 0 spiro atoms. The van der Waals surface area contributed by atoms with E-state index in [4.69, 9.17) is 26.8 Å². The zero-order valence-electron chi connectivity index (χ0n) is 14.7. The molecule has 136 valence electrons. The van der Waals surface area contributed by atoms with Gasteiger partial charge >= 0.3 is 5.97 Å². The number of rotatable bonds is 3. The molecule has 0 amide bonds. The van der Waals surface area contributed by atoms with Crippen molar-refractivity contribution in [1.29, 1.82) is 0 Å². The van der Waals surface area contributed by atoms with Crippen molar-refractivity contribution in [3.05, 3.63) is 74.0 Å². The zero-order chi connectivity index (χ0) is 19.0. The van der Waals surface area contributed by atoms with Gasteiger partial charge < -0.3 is 19.8 Å². The number of nitrogens with zero attached hydrogens (tertiary/aromatic N) is 1. The van der Waals surface area contributed by atoms with Crippen LogP contribution in [-0.4, -0.2) is 17.6 Å². The number of aromatic nitrogens is 1. The highest BCUT2D eigenvalue weighted by molar-refractivity contribution is 6.31. The Balaban J connectivity index is 2.39. The van der Waals surface area contributed by atoms with Crippen LogP contribution in [0.15, 0.2) is 46.6 Å². The van der Waals surface area contributed by atoms with Crippen LogP contribution in [0.3, 0.4) is 0 Å². The summed E-state index contributed by atoms with van der Waals surface area (Å²) < 4.78 is 12.1. The molecule has 0 radical (unpaired) electrons. The van der Waals surface area contributed by atoms with Gasteiger partial charge in [-0.2, -0.15) is 0 Å². The van der Waals surface area contributed by atoms with E-state index in [1.54, 1.807) is 34.9 Å². The van der Waals surface area contributed by atoms with E-state index in [0.29, 0.717) is 28.4 Å². The summed E-state index contributed by atoms with van der Waals surface area (Å²) in [5.74, 6) is -1.21. The summed E-state index contributed by atoms with van der Waals surface area (Å²) in [7, 11) is 1.25. The van der Waals surface area contributed by atoms with Crippen molar-refractivity contribution in [2.24, 2.45) is 5.73 Å². The molecular formula is C19H19ClN2O4. The van der Waals surface area contributed by atoms with Crippen molar-refractivity contribution < 1.29 is 14.3 Å². The fraction of sp³-hybridized carbons (Fsp3) is 0.263. The molecule has 1 aliphatic heterocycles. The zero-order valence-corrected chi connectivity index (χ0v) is 15.5. The molecule has 7 heteroatoms. The number of benzene rings is 1. The molecule has 0 saturated carbocycles. The monoisotopic (exact) mass is 374 g/mol. The van der Waals surface area contributed by atoms with Gasteiger partial charge in [0, 0.05) is 23.3 Å². The normalized spacial score (nSPS) is 16.1. The second kappa shape index (κ2) is 6.88. The largest absolute Gasteiger partial charge is 0.465 e. The summed E-state index contributed by atoms with van der Waals surface area (Å²) in [6.07, 6.45) is 0. The van der Waals surface area contributed by atoms with Crippen LogP contribution in [0.2, 0.25) is 5.02 Å². The first-order valence-corrected chi connectivity index (χ1v) is 8.53. The Morgan fingerprint density at radius 1 is 1.38 bits per heavy atom. The highest BCUT2D eigenvalue weighted by atomic mass is 35.5. The van der Waals surface area contributed by atoms with Gasteiger partial charge in [-0.1, -0.05) is 29.8 Å². The molecule has 0 saturated heterocycles. The van der Waals surface area contributed by atoms with Gasteiger partial charge in [-0.15, -0.1) is 0 Å². The summed E-state index contributed by atoms with van der Waals surface area (Å²) in [5.41, 5.74) is 7.49. The van der Waals surface area contributed by atoms with Crippen LogP contribution in [-0.2, 0) is 16.1 Å². The molecule has 2 heterocycles. The molecule has 6 nitrogen and oxygen atoms in total. The van der Waals surface area contributed by atoms with Gasteiger partial charge in [-0.25, -0.2) is 4.79 Å². The molecular weight excluding hydrogens is 356 g/mol. The molecule has 1 atom stereocenters. The maximum absolute atomic E-state index is 13.1. The van der Waals surface area contributed by atoms with Crippen molar-refractivity contribution in [2.45, 2.75) is 26.3 Å². The number of fused-ring (bicyclic) bond motifs is 1. The van der Waals surface area contributed by atoms with E-state index < -0.39 is 11.9 Å². The highest BCUT2D eigenvalue weighted by Crippen LogP contribution is 2.43. The molecule has 3 rings (SSSR count). The molecule has 1 aromatic heterocycles. The molecule has 0 fully saturated rings. The third kappa shape index (κ3) is 2.76. The molecule has 1 aromatic carbocycles. The number of ether oxygens (including phenoxy) is 2. The summed E-state index contributed by atoms with van der Waals surface area (Å²) in [6.45, 7) is 4.18. The van der Waals surface area contributed by atoms with Gasteiger partial charge in [0.15, 0.2) is 0 Å². The van der Waals surface area contributed by atoms with Gasteiger partial charge in [-0.3, -0.25) is 4.79 Å². The molecule has 0 aliphatic carbocycles. The number of hydrogen-bond acceptors (Lipinski definition) is 5. The number of methoxy groups -OCH3 is 1. The number of carbonyl (C=O) groups is 1. The fourth-order valence-corrected chi connectivity index (χ4v) is 3.55. The summed E-state index contributed by atoms with van der Waals surface area (Å²) in [6, 6.07) is 8.76. The number of carbonyl (C=O) groups excluding carboxylic acids is 1. The van der Waals surface area contributed by atoms with Crippen LogP contribution < -0.4 is 16.0 Å². The van der Waals surface area contributed by atoms with Crippen LogP contribution in [0.1, 0.15) is 29.7 Å². The lowest BCUT2D eigenvalue weighted by atomic mass is 9.83. The maximum atomic E-state index is 13.1. The summed E-state index contributed by atoms with van der Waals surface area (Å²) >= 11 is 6.38. The molecule has 2 aromatic rings. The molecule has 1 aliphatic rings. The lowest BCUT2D eigenvalue weighted by Gasteiger charge is -2.29. The molecule has 26 heavy (non-hydrogen) atoms. The first kappa shape index (κ1) is 18.1. The number of esters is 1. The number of halogens is 1. The first-order chi connectivity index (χ1) is 12.4. The summed E-state index contributed by atoms with van der Waals surface area (Å²) in [4.78, 5) is 25.6. The second-order valence-electron chi connectivity index (χ2n) is 5.94. The Kier molecular flexibility index (Phi) is 4.78. The smallest absolute Gasteiger partial charge is 0.340 e. The van der Waals surface area contributed by atoms with Crippen molar-refractivity contribution in [2.75, 3.05) is 7.11 Å². The average Bonchev–Trinajstić information content (AvgIpc) is 2.60. The van der Waals surface area contributed by atoms with Crippen LogP contribution in [0.4, 0.5) is 0 Å². The number of aryl methyl sites for hydroxylation is 1. The number of nitrogens with two attached hydrogens (primary N) is 1. The predicted octanol–water partition coefficient (Wildman–Crippen LogP) is 2.70. The topological polar surface area (TPSA) is 83.5 Å². The minimum Gasteiger partial charge on any atom is -0.465 e. The van der Waals surface area contributed by atoms with Crippen molar-refractivity contribution in [3.63, 3.8) is 0 Å². The lowest BCUT2D eigenvalue weighted by molar-refractivity contribution is -0.136. The van der Waals surface area contributed by atoms with Crippen LogP contribution >= 0.6 is 11.6 Å². The van der Waals surface area contributed by atoms with Crippen molar-refractivity contribution >= 4 is 17.6 Å². The van der Waals surface area contributed by atoms with E-state index in [1.165, 1.54) is 7.11 Å². The van der Waals surface area contributed by atoms with E-state index in [9.17, 15) is 9.59 Å². The Morgan fingerprint density at radius 3 is 2.69 bits per heavy atom. The minimum atomic E-state index is -0.772. The first-order valence-electron chi connectivity index (χ1n) is 8.15. The highest BCUT2D eigenvalue weighted by Gasteiger charge is 2.38. The quantitative estimate of drug-likeness (QED) is 0.835. The van der Waals surface area contributed by atoms with E-state index in [2.05, 4.69) is 0 Å².